The van der Waals surface area contributed by atoms with Crippen molar-refractivity contribution in [3.05, 3.63) is 53.1 Å². The Kier molecular flexibility index (Phi) is 5.39. The number of aliphatic hydroxyl groups is 1. The number of carbonyl (C=O) groups excluding carboxylic acids is 1. The zero-order chi connectivity index (χ0) is 25.1. The van der Waals surface area contributed by atoms with Crippen molar-refractivity contribution in [1.82, 2.24) is 9.21 Å². The predicted octanol–water partition coefficient (Wildman–Crippen LogP) is 1.31. The quantitative estimate of drug-likeness (QED) is 0.588. The lowest BCUT2D eigenvalue weighted by atomic mass is 9.93. The smallest absolute Gasteiger partial charge is 0.259 e. The Hall–Kier alpha value is -3.28. The third kappa shape index (κ3) is 3.78. The molecule has 6 rings (SSSR count). The minimum atomic E-state index is -3.75. The lowest BCUT2D eigenvalue weighted by molar-refractivity contribution is -0.149. The molecule has 10 nitrogen and oxygen atoms in total. The van der Waals surface area contributed by atoms with Crippen LogP contribution in [0.25, 0.3) is 0 Å². The number of carbonyl (C=O) groups is 1. The number of amides is 1. The van der Waals surface area contributed by atoms with Crippen molar-refractivity contribution in [3.63, 3.8) is 0 Å². The second kappa shape index (κ2) is 8.39. The number of anilines is 1. The average molecular weight is 514 g/mol. The van der Waals surface area contributed by atoms with Gasteiger partial charge in [0.2, 0.25) is 10.0 Å². The van der Waals surface area contributed by atoms with Crippen LogP contribution in [0.15, 0.2) is 52.4 Å². The molecule has 0 bridgehead atoms. The molecule has 0 radical (unpaired) electrons. The molecule has 4 heterocycles. The first-order chi connectivity index (χ1) is 17.2. The molecule has 0 spiro atoms. The standard InChI is InChI=1S/C25H27N3O7S/c1-25(30,18-2-4-21-20(10-18)26-6-7-33-21)24(29)27-12-16-14-28(15-17(16)13-27)36(31,32)19-3-5-22-23(11-19)35-9-8-34-22/h2-5,10-11,26,30H,6-9,12-15H2,1H3. The van der Waals surface area contributed by atoms with Crippen LogP contribution in [-0.2, 0) is 20.4 Å². The Morgan fingerprint density at radius 2 is 1.58 bits per heavy atom. The predicted molar refractivity (Wildman–Crippen MR) is 130 cm³/mol. The topological polar surface area (TPSA) is 118 Å². The Morgan fingerprint density at radius 1 is 0.917 bits per heavy atom. The highest BCUT2D eigenvalue weighted by molar-refractivity contribution is 7.89. The zero-order valence-electron chi connectivity index (χ0n) is 19.8. The van der Waals surface area contributed by atoms with Gasteiger partial charge in [0.05, 0.1) is 10.6 Å². The minimum Gasteiger partial charge on any atom is -0.490 e. The molecule has 0 fully saturated rings. The maximum absolute atomic E-state index is 13.3. The molecule has 11 heteroatoms. The number of nitrogens with one attached hydrogen (secondary N) is 1. The van der Waals surface area contributed by atoms with Crippen LogP contribution in [0.1, 0.15) is 12.5 Å². The summed E-state index contributed by atoms with van der Waals surface area (Å²) in [7, 11) is -3.75. The maximum atomic E-state index is 13.3. The monoisotopic (exact) mass is 513 g/mol. The Bertz CT molecular complexity index is 1370. The van der Waals surface area contributed by atoms with Crippen LogP contribution >= 0.6 is 0 Å². The van der Waals surface area contributed by atoms with Crippen LogP contribution in [0.3, 0.4) is 0 Å². The van der Waals surface area contributed by atoms with Gasteiger partial charge in [-0.05, 0) is 47.9 Å². The molecule has 2 aromatic rings. The molecule has 0 saturated heterocycles. The third-order valence-corrected chi connectivity index (χ3v) is 8.86. The summed E-state index contributed by atoms with van der Waals surface area (Å²) in [5.74, 6) is 1.22. The van der Waals surface area contributed by atoms with Gasteiger partial charge in [0.25, 0.3) is 5.91 Å². The third-order valence-electron chi connectivity index (χ3n) is 7.07. The number of rotatable bonds is 4. The Balaban J connectivity index is 1.14. The van der Waals surface area contributed by atoms with Gasteiger partial charge in [-0.2, -0.15) is 4.31 Å². The van der Waals surface area contributed by atoms with Crippen molar-refractivity contribution < 1.29 is 32.5 Å². The highest BCUT2D eigenvalue weighted by Crippen LogP contribution is 2.37. The highest BCUT2D eigenvalue weighted by Gasteiger charge is 2.43. The van der Waals surface area contributed by atoms with Gasteiger partial charge in [-0.15, -0.1) is 0 Å². The Labute approximate surface area is 209 Å². The summed E-state index contributed by atoms with van der Waals surface area (Å²) in [5, 5.41) is 14.4. The first-order valence-electron chi connectivity index (χ1n) is 11.9. The normalized spacial score (nSPS) is 20.8. The molecular formula is C25H27N3O7S. The van der Waals surface area contributed by atoms with Gasteiger partial charge in [-0.3, -0.25) is 4.79 Å². The lowest BCUT2D eigenvalue weighted by Gasteiger charge is -2.31. The summed E-state index contributed by atoms with van der Waals surface area (Å²) in [5.41, 5.74) is 1.26. The van der Waals surface area contributed by atoms with E-state index < -0.39 is 21.5 Å². The summed E-state index contributed by atoms with van der Waals surface area (Å²) in [6.07, 6.45) is 0. The maximum Gasteiger partial charge on any atom is 0.259 e. The summed E-state index contributed by atoms with van der Waals surface area (Å²) in [4.78, 5) is 15.1. The largest absolute Gasteiger partial charge is 0.490 e. The summed E-state index contributed by atoms with van der Waals surface area (Å²) >= 11 is 0. The first kappa shape index (κ1) is 23.1. The molecule has 190 valence electrons. The zero-order valence-corrected chi connectivity index (χ0v) is 20.6. The molecule has 0 saturated carbocycles. The Morgan fingerprint density at radius 3 is 2.33 bits per heavy atom. The van der Waals surface area contributed by atoms with E-state index in [9.17, 15) is 18.3 Å². The van der Waals surface area contributed by atoms with E-state index in [0.717, 1.165) is 16.8 Å². The van der Waals surface area contributed by atoms with Crippen LogP contribution in [0, 0.1) is 0 Å². The van der Waals surface area contributed by atoms with Crippen LogP contribution in [-0.4, -0.2) is 81.2 Å². The molecule has 4 aliphatic rings. The van der Waals surface area contributed by atoms with E-state index >= 15 is 0 Å². The summed E-state index contributed by atoms with van der Waals surface area (Å²) in [6, 6.07) is 9.83. The van der Waals surface area contributed by atoms with E-state index in [-0.39, 0.29) is 31.1 Å². The van der Waals surface area contributed by atoms with Crippen molar-refractivity contribution in [2.24, 2.45) is 0 Å². The van der Waals surface area contributed by atoms with E-state index in [1.165, 1.54) is 23.4 Å². The molecule has 36 heavy (non-hydrogen) atoms. The number of sulfonamides is 1. The molecular weight excluding hydrogens is 486 g/mol. The summed E-state index contributed by atoms with van der Waals surface area (Å²) < 4.78 is 44.6. The lowest BCUT2D eigenvalue weighted by Crippen LogP contribution is -2.46. The van der Waals surface area contributed by atoms with Crippen molar-refractivity contribution in [3.8, 4) is 17.2 Å². The molecule has 2 aromatic carbocycles. The molecule has 0 aliphatic carbocycles. The van der Waals surface area contributed by atoms with Gasteiger partial charge in [0.1, 0.15) is 25.6 Å². The molecule has 1 unspecified atom stereocenters. The van der Waals surface area contributed by atoms with Crippen molar-refractivity contribution >= 4 is 21.6 Å². The van der Waals surface area contributed by atoms with Crippen LogP contribution in [0.5, 0.6) is 17.2 Å². The molecule has 2 N–H and O–H groups in total. The second-order valence-corrected chi connectivity index (χ2v) is 11.4. The second-order valence-electron chi connectivity index (χ2n) is 9.51. The number of benzene rings is 2. The minimum absolute atomic E-state index is 0.147. The fraction of sp³-hybridized carbons (Fsp3) is 0.400. The van der Waals surface area contributed by atoms with E-state index in [2.05, 4.69) is 5.32 Å². The van der Waals surface area contributed by atoms with E-state index in [0.29, 0.717) is 49.2 Å². The SMILES string of the molecule is CC(O)(C(=O)N1CC2=C(C1)CN(S(=O)(=O)c1ccc3c(c1)OCCO3)C2)c1ccc2c(c1)NCCO2. The molecule has 0 aromatic heterocycles. The van der Waals surface area contributed by atoms with Crippen LogP contribution in [0.4, 0.5) is 5.69 Å². The van der Waals surface area contributed by atoms with E-state index in [1.807, 2.05) is 0 Å². The van der Waals surface area contributed by atoms with Gasteiger partial charge < -0.3 is 29.5 Å². The van der Waals surface area contributed by atoms with Crippen LogP contribution in [0.2, 0.25) is 0 Å². The fourth-order valence-corrected chi connectivity index (χ4v) is 6.51. The highest BCUT2D eigenvalue weighted by atomic mass is 32.2. The van der Waals surface area contributed by atoms with Crippen molar-refractivity contribution in [1.29, 1.82) is 0 Å². The molecule has 4 aliphatic heterocycles. The first-order valence-corrected chi connectivity index (χ1v) is 13.3. The number of hydrogen-bond donors (Lipinski definition) is 2. The van der Waals surface area contributed by atoms with Crippen molar-refractivity contribution in [2.75, 3.05) is 57.9 Å². The molecule has 1 atom stereocenters. The number of fused-ring (bicyclic) bond motifs is 2. The fourth-order valence-electron chi connectivity index (χ4n) is 5.07. The average Bonchev–Trinajstić information content (AvgIpc) is 3.48. The number of ether oxygens (including phenoxy) is 3. The number of nitrogens with zero attached hydrogens (tertiary/aromatic N) is 2. The van der Waals surface area contributed by atoms with E-state index in [1.54, 1.807) is 29.2 Å². The van der Waals surface area contributed by atoms with Crippen molar-refractivity contribution in [2.45, 2.75) is 17.4 Å². The summed E-state index contributed by atoms with van der Waals surface area (Å²) in [6.45, 7) is 4.49. The van der Waals surface area contributed by atoms with Crippen LogP contribution < -0.4 is 19.5 Å². The van der Waals surface area contributed by atoms with E-state index in [4.69, 9.17) is 14.2 Å². The van der Waals surface area contributed by atoms with Gasteiger partial charge in [-0.25, -0.2) is 8.42 Å². The van der Waals surface area contributed by atoms with Gasteiger partial charge in [-0.1, -0.05) is 6.07 Å². The van der Waals surface area contributed by atoms with Gasteiger partial charge in [0, 0.05) is 38.8 Å². The number of hydrogen-bond acceptors (Lipinski definition) is 8. The van der Waals surface area contributed by atoms with Gasteiger partial charge in [0.15, 0.2) is 17.1 Å². The molecule has 1 amide bonds. The van der Waals surface area contributed by atoms with Gasteiger partial charge >= 0.3 is 0 Å².